The van der Waals surface area contributed by atoms with Crippen molar-refractivity contribution in [3.63, 3.8) is 0 Å². The Morgan fingerprint density at radius 3 is 1.88 bits per heavy atom. The maximum atomic E-state index is 11.8. The van der Waals surface area contributed by atoms with E-state index in [2.05, 4.69) is 17.2 Å². The first kappa shape index (κ1) is 28.2. The molecule has 1 aromatic rings. The summed E-state index contributed by atoms with van der Waals surface area (Å²) in [5, 5.41) is 2.22. The molecule has 7 heteroatoms. The van der Waals surface area contributed by atoms with Gasteiger partial charge in [-0.15, -0.1) is 11.8 Å². The lowest BCUT2D eigenvalue weighted by Crippen LogP contribution is -2.31. The Kier molecular flexibility index (Phi) is 13.1. The Morgan fingerprint density at radius 1 is 0.882 bits per heavy atom. The van der Waals surface area contributed by atoms with Crippen molar-refractivity contribution in [1.82, 2.24) is 0 Å². The molecule has 6 nitrogen and oxygen atoms in total. The minimum atomic E-state index is -0.348. The first-order valence-corrected chi connectivity index (χ1v) is 13.7. The molecule has 34 heavy (non-hydrogen) atoms. The largest absolute Gasteiger partial charge is 0.496 e. The van der Waals surface area contributed by atoms with Gasteiger partial charge in [0.2, 0.25) is 5.91 Å². The van der Waals surface area contributed by atoms with Crippen molar-refractivity contribution in [1.29, 1.82) is 0 Å². The number of carbonyl (C=O) groups excluding carboxylic acids is 1. The van der Waals surface area contributed by atoms with E-state index >= 15 is 0 Å². The molecule has 1 heterocycles. The molecule has 0 radical (unpaired) electrons. The second-order valence-electron chi connectivity index (χ2n) is 8.92. The monoisotopic (exact) mass is 492 g/mol. The van der Waals surface area contributed by atoms with Gasteiger partial charge < -0.3 is 24.8 Å². The maximum Gasteiger partial charge on any atom is 0.223 e. The van der Waals surface area contributed by atoms with E-state index in [0.717, 1.165) is 24.2 Å². The summed E-state index contributed by atoms with van der Waals surface area (Å²) in [5.41, 5.74) is 7.26. The summed E-state index contributed by atoms with van der Waals surface area (Å²) in [5.74, 6) is 1.61. The van der Waals surface area contributed by atoms with Crippen molar-refractivity contribution in [3.05, 3.63) is 23.2 Å². The van der Waals surface area contributed by atoms with Gasteiger partial charge in [0.15, 0.2) is 0 Å². The van der Waals surface area contributed by atoms with E-state index in [1.54, 1.807) is 33.1 Å². The number of primary amides is 1. The first-order valence-electron chi connectivity index (χ1n) is 12.8. The average molecular weight is 493 g/mol. The van der Waals surface area contributed by atoms with E-state index in [9.17, 15) is 4.79 Å². The Balaban J connectivity index is 1.96. The van der Waals surface area contributed by atoms with Crippen LogP contribution in [0.5, 0.6) is 17.2 Å². The van der Waals surface area contributed by atoms with Crippen LogP contribution < -0.4 is 24.8 Å². The number of carbonyl (C=O) groups is 1. The number of amides is 1. The molecule has 0 saturated carbocycles. The van der Waals surface area contributed by atoms with Crippen LogP contribution in [-0.2, 0) is 4.79 Å². The van der Waals surface area contributed by atoms with E-state index in [0.29, 0.717) is 17.2 Å². The quantitative estimate of drug-likeness (QED) is 0.222. The highest BCUT2D eigenvalue weighted by molar-refractivity contribution is 8.03. The topological polar surface area (TPSA) is 74.0 Å². The Bertz CT molecular complexity index is 759. The number of hydrogen-bond acceptors (Lipinski definition) is 6. The molecule has 0 fully saturated rings. The molecule has 0 saturated heterocycles. The van der Waals surface area contributed by atoms with Crippen LogP contribution in [0, 0.1) is 0 Å². The summed E-state index contributed by atoms with van der Waals surface area (Å²) < 4.78 is 16.8. The van der Waals surface area contributed by atoms with Gasteiger partial charge in [-0.2, -0.15) is 0 Å². The van der Waals surface area contributed by atoms with Crippen LogP contribution in [0.1, 0.15) is 90.4 Å². The second-order valence-corrected chi connectivity index (χ2v) is 9.97. The summed E-state index contributed by atoms with van der Waals surface area (Å²) in [7, 11) is 4.89. The second kappa shape index (κ2) is 15.8. The molecule has 0 aliphatic carbocycles. The fraction of sp³-hybridized carbons (Fsp3) is 0.667. The first-order chi connectivity index (χ1) is 16.5. The van der Waals surface area contributed by atoms with Crippen LogP contribution in [0.2, 0.25) is 0 Å². The zero-order valence-electron chi connectivity index (χ0n) is 21.6. The molecule has 1 amide bonds. The van der Waals surface area contributed by atoms with E-state index in [-0.39, 0.29) is 17.7 Å². The molecule has 1 aliphatic heterocycles. The number of unbranched alkanes of at least 4 members (excludes halogenated alkanes) is 10. The molecule has 2 N–H and O–H groups in total. The van der Waals surface area contributed by atoms with E-state index in [1.807, 2.05) is 12.1 Å². The van der Waals surface area contributed by atoms with Crippen LogP contribution in [0.3, 0.4) is 0 Å². The molecule has 0 spiro atoms. The van der Waals surface area contributed by atoms with Crippen LogP contribution in [-0.4, -0.2) is 32.6 Å². The Labute approximate surface area is 210 Å². The van der Waals surface area contributed by atoms with Gasteiger partial charge in [0.1, 0.15) is 22.9 Å². The highest BCUT2D eigenvalue weighted by atomic mass is 32.2. The van der Waals surface area contributed by atoms with Crippen LogP contribution in [0.15, 0.2) is 23.2 Å². The smallest absolute Gasteiger partial charge is 0.223 e. The Hall–Kier alpha value is -2.02. The third-order valence-corrected chi connectivity index (χ3v) is 7.47. The fourth-order valence-electron chi connectivity index (χ4n) is 4.46. The van der Waals surface area contributed by atoms with E-state index in [4.69, 9.17) is 19.9 Å². The van der Waals surface area contributed by atoms with Crippen LogP contribution >= 0.6 is 11.8 Å². The predicted molar refractivity (Wildman–Crippen MR) is 143 cm³/mol. The van der Waals surface area contributed by atoms with Gasteiger partial charge in [0.05, 0.1) is 33.1 Å². The van der Waals surface area contributed by atoms with Gasteiger partial charge in [-0.05, 0) is 11.8 Å². The molecule has 1 atom stereocenters. The van der Waals surface area contributed by atoms with Crippen molar-refractivity contribution in [2.24, 2.45) is 5.73 Å². The molecule has 192 valence electrons. The minimum absolute atomic E-state index is 0.170. The van der Waals surface area contributed by atoms with Crippen molar-refractivity contribution >= 4 is 23.4 Å². The number of benzene rings is 1. The lowest BCUT2D eigenvalue weighted by atomic mass is 10.0. The molecule has 1 aliphatic rings. The van der Waals surface area contributed by atoms with Gasteiger partial charge in [-0.25, -0.2) is 0 Å². The number of rotatable bonds is 18. The summed E-state index contributed by atoms with van der Waals surface area (Å²) in [6.07, 6.45) is 15.7. The summed E-state index contributed by atoms with van der Waals surface area (Å²) in [6, 6.07) is 3.70. The Morgan fingerprint density at radius 2 is 1.41 bits per heavy atom. The van der Waals surface area contributed by atoms with Crippen molar-refractivity contribution in [2.75, 3.05) is 26.2 Å². The lowest BCUT2D eigenvalue weighted by Gasteiger charge is -2.31. The van der Waals surface area contributed by atoms with Crippen molar-refractivity contribution < 1.29 is 19.0 Å². The highest BCUT2D eigenvalue weighted by Gasteiger charge is 2.33. The molecular formula is C27H44N2O4S. The third kappa shape index (κ3) is 8.64. The third-order valence-electron chi connectivity index (χ3n) is 6.30. The van der Waals surface area contributed by atoms with Crippen LogP contribution in [0.4, 0.5) is 5.69 Å². The zero-order valence-corrected chi connectivity index (χ0v) is 22.4. The molecule has 2 rings (SSSR count). The number of nitrogens with zero attached hydrogens (tertiary/aromatic N) is 1. The lowest BCUT2D eigenvalue weighted by molar-refractivity contribution is -0.117. The number of hydrogen-bond donors (Lipinski definition) is 1. The molecule has 0 bridgehead atoms. The highest BCUT2D eigenvalue weighted by Crippen LogP contribution is 2.49. The van der Waals surface area contributed by atoms with Gasteiger partial charge in [0.25, 0.3) is 0 Å². The van der Waals surface area contributed by atoms with Gasteiger partial charge >= 0.3 is 0 Å². The van der Waals surface area contributed by atoms with Gasteiger partial charge in [-0.3, -0.25) is 4.79 Å². The molecular weight excluding hydrogens is 448 g/mol. The number of nitrogens with two attached hydrogens (primary N) is 1. The summed E-state index contributed by atoms with van der Waals surface area (Å²) in [4.78, 5) is 13.9. The van der Waals surface area contributed by atoms with Crippen molar-refractivity contribution in [3.8, 4) is 17.2 Å². The van der Waals surface area contributed by atoms with Gasteiger partial charge in [-0.1, -0.05) is 77.6 Å². The number of methoxy groups -OCH3 is 3. The predicted octanol–water partition coefficient (Wildman–Crippen LogP) is 7.01. The number of thioether (sulfide) groups is 1. The standard InChI is InChI=1S/C27H44N2O4S/c1-5-6-7-8-9-10-11-12-13-14-15-16-26-29(21(20-34-26)17-25(28)30)27-23(32-3)18-22(31-2)19-24(27)33-4/h18-20,26H,5-17H2,1-4H3,(H2,28,30). The van der Waals surface area contributed by atoms with E-state index in [1.165, 1.54) is 64.2 Å². The normalized spacial score (nSPS) is 15.4. The minimum Gasteiger partial charge on any atom is -0.496 e. The zero-order chi connectivity index (χ0) is 24.8. The summed E-state index contributed by atoms with van der Waals surface area (Å²) >= 11 is 1.74. The molecule has 1 unspecified atom stereocenters. The van der Waals surface area contributed by atoms with E-state index < -0.39 is 0 Å². The number of ether oxygens (including phenoxy) is 3. The van der Waals surface area contributed by atoms with Crippen LogP contribution in [0.25, 0.3) is 0 Å². The summed E-state index contributed by atoms with van der Waals surface area (Å²) in [6.45, 7) is 2.27. The number of anilines is 1. The molecule has 0 aromatic heterocycles. The fourth-order valence-corrected chi connectivity index (χ4v) is 5.63. The van der Waals surface area contributed by atoms with Crippen molar-refractivity contribution in [2.45, 2.75) is 95.8 Å². The average Bonchev–Trinajstić information content (AvgIpc) is 3.22. The van der Waals surface area contributed by atoms with Gasteiger partial charge in [0, 0.05) is 17.8 Å². The molecule has 1 aromatic carbocycles. The maximum absolute atomic E-state index is 11.8. The SMILES string of the molecule is CCCCCCCCCCCCCC1SC=C(CC(N)=O)N1c1c(OC)cc(OC)cc1OC.